The maximum atomic E-state index is 13.1. The average molecular weight is 339 g/mol. The van der Waals surface area contributed by atoms with Crippen LogP contribution in [0.4, 0.5) is 8.78 Å². The number of unbranched alkanes of at least 4 members (excludes halogenated alkanes) is 2. The van der Waals surface area contributed by atoms with Gasteiger partial charge in [0.25, 0.3) is 0 Å². The van der Waals surface area contributed by atoms with Crippen LogP contribution in [0.15, 0.2) is 0 Å². The van der Waals surface area contributed by atoms with Crippen LogP contribution in [-0.2, 0) is 9.53 Å². The first-order valence-corrected chi connectivity index (χ1v) is 9.53. The number of carbonyl (C=O) groups excluding carboxylic acids is 1. The molecule has 0 rings (SSSR count). The lowest BCUT2D eigenvalue weighted by Crippen LogP contribution is -2.22. The zero-order valence-electron chi connectivity index (χ0n) is 14.5. The molecule has 0 bridgehead atoms. The van der Waals surface area contributed by atoms with Gasteiger partial charge in [-0.2, -0.15) is 0 Å². The van der Waals surface area contributed by atoms with Crippen molar-refractivity contribution in [3.8, 4) is 0 Å². The lowest BCUT2D eigenvalue weighted by atomic mass is 10.1. The van der Waals surface area contributed by atoms with Crippen LogP contribution in [-0.4, -0.2) is 29.5 Å². The number of hydrogen-bond donors (Lipinski definition) is 0. The molecule has 0 saturated heterocycles. The van der Waals surface area contributed by atoms with Gasteiger partial charge in [0.2, 0.25) is 5.92 Å². The SMILES string of the molecule is CCCCC(SCCCCC(F)(F)CC)C(=O)OCC(C)C. The van der Waals surface area contributed by atoms with Gasteiger partial charge in [-0.05, 0) is 30.9 Å². The number of esters is 1. The van der Waals surface area contributed by atoms with Crippen molar-refractivity contribution < 1.29 is 18.3 Å². The second-order valence-corrected chi connectivity index (χ2v) is 7.50. The molecule has 1 atom stereocenters. The fourth-order valence-corrected chi connectivity index (χ4v) is 3.08. The average Bonchev–Trinajstić information content (AvgIpc) is 2.47. The molecular weight excluding hydrogens is 306 g/mol. The van der Waals surface area contributed by atoms with Crippen molar-refractivity contribution in [3.05, 3.63) is 0 Å². The highest BCUT2D eigenvalue weighted by molar-refractivity contribution is 8.00. The molecule has 0 saturated carbocycles. The Morgan fingerprint density at radius 1 is 1.18 bits per heavy atom. The summed E-state index contributed by atoms with van der Waals surface area (Å²) in [4.78, 5) is 12.1. The fourth-order valence-electron chi connectivity index (χ4n) is 1.89. The molecule has 2 nitrogen and oxygen atoms in total. The molecule has 22 heavy (non-hydrogen) atoms. The summed E-state index contributed by atoms with van der Waals surface area (Å²) < 4.78 is 31.6. The van der Waals surface area contributed by atoms with Gasteiger partial charge in [0.1, 0.15) is 5.25 Å². The quantitative estimate of drug-likeness (QED) is 0.318. The Hall–Kier alpha value is -0.320. The standard InChI is InChI=1S/C17H32F2O2S/c1-5-7-10-15(16(20)21-13-14(3)4)22-12-9-8-11-17(18,19)6-2/h14-15H,5-13H2,1-4H3. The number of thioether (sulfide) groups is 1. The molecule has 0 aliphatic carbocycles. The van der Waals surface area contributed by atoms with Gasteiger partial charge in [0.15, 0.2) is 0 Å². The molecule has 0 radical (unpaired) electrons. The van der Waals surface area contributed by atoms with E-state index in [4.69, 9.17) is 4.74 Å². The van der Waals surface area contributed by atoms with Gasteiger partial charge in [-0.3, -0.25) is 4.79 Å². The molecule has 132 valence electrons. The number of hydrogen-bond acceptors (Lipinski definition) is 3. The molecule has 0 aliphatic heterocycles. The van der Waals surface area contributed by atoms with Crippen molar-refractivity contribution >= 4 is 17.7 Å². The van der Waals surface area contributed by atoms with Crippen LogP contribution in [0.2, 0.25) is 0 Å². The molecule has 0 aliphatic rings. The van der Waals surface area contributed by atoms with E-state index in [1.807, 2.05) is 13.8 Å². The molecule has 0 amide bonds. The maximum Gasteiger partial charge on any atom is 0.319 e. The van der Waals surface area contributed by atoms with Crippen LogP contribution in [0.5, 0.6) is 0 Å². The van der Waals surface area contributed by atoms with Crippen LogP contribution in [0, 0.1) is 5.92 Å². The van der Waals surface area contributed by atoms with E-state index in [1.165, 1.54) is 6.92 Å². The summed E-state index contributed by atoms with van der Waals surface area (Å²) >= 11 is 1.56. The number of ether oxygens (including phenoxy) is 1. The summed E-state index contributed by atoms with van der Waals surface area (Å²) in [5.41, 5.74) is 0. The monoisotopic (exact) mass is 338 g/mol. The second-order valence-electron chi connectivity index (χ2n) is 6.19. The largest absolute Gasteiger partial charge is 0.465 e. The molecule has 0 spiro atoms. The highest BCUT2D eigenvalue weighted by Gasteiger charge is 2.25. The third-order valence-electron chi connectivity index (χ3n) is 3.41. The normalized spacial score (nSPS) is 13.4. The number of halogens is 2. The Kier molecular flexibility index (Phi) is 12.0. The Labute approximate surface area is 138 Å². The van der Waals surface area contributed by atoms with Crippen molar-refractivity contribution in [2.24, 2.45) is 5.92 Å². The van der Waals surface area contributed by atoms with Crippen LogP contribution >= 0.6 is 11.8 Å². The van der Waals surface area contributed by atoms with E-state index in [1.54, 1.807) is 11.8 Å². The highest BCUT2D eigenvalue weighted by Crippen LogP contribution is 2.26. The Morgan fingerprint density at radius 2 is 1.86 bits per heavy atom. The summed E-state index contributed by atoms with van der Waals surface area (Å²) in [5.74, 6) is -1.61. The van der Waals surface area contributed by atoms with Gasteiger partial charge >= 0.3 is 5.97 Å². The zero-order valence-corrected chi connectivity index (χ0v) is 15.3. The molecule has 0 fully saturated rings. The van der Waals surface area contributed by atoms with Crippen molar-refractivity contribution in [1.82, 2.24) is 0 Å². The van der Waals surface area contributed by atoms with Crippen molar-refractivity contribution in [2.75, 3.05) is 12.4 Å². The minimum absolute atomic E-state index is 0.0541. The van der Waals surface area contributed by atoms with E-state index in [-0.39, 0.29) is 24.1 Å². The molecule has 0 heterocycles. The maximum absolute atomic E-state index is 13.1. The van der Waals surface area contributed by atoms with E-state index in [0.717, 1.165) is 31.4 Å². The summed E-state index contributed by atoms with van der Waals surface area (Å²) in [6, 6.07) is 0. The predicted molar refractivity (Wildman–Crippen MR) is 90.7 cm³/mol. The van der Waals surface area contributed by atoms with Gasteiger partial charge in [-0.15, -0.1) is 11.8 Å². The van der Waals surface area contributed by atoms with E-state index < -0.39 is 5.92 Å². The minimum atomic E-state index is -2.54. The molecule has 1 unspecified atom stereocenters. The summed E-state index contributed by atoms with van der Waals surface area (Å²) in [5, 5.41) is -0.148. The molecule has 0 aromatic rings. The lowest BCUT2D eigenvalue weighted by Gasteiger charge is -2.17. The number of carbonyl (C=O) groups is 1. The smallest absolute Gasteiger partial charge is 0.319 e. The molecular formula is C17H32F2O2S. The molecule has 5 heteroatoms. The van der Waals surface area contributed by atoms with Crippen LogP contribution in [0.3, 0.4) is 0 Å². The highest BCUT2D eigenvalue weighted by atomic mass is 32.2. The summed E-state index contributed by atoms with van der Waals surface area (Å²) in [6.45, 7) is 8.07. The van der Waals surface area contributed by atoms with Crippen LogP contribution < -0.4 is 0 Å². The van der Waals surface area contributed by atoms with Gasteiger partial charge in [0, 0.05) is 12.8 Å². The first kappa shape index (κ1) is 21.7. The van der Waals surface area contributed by atoms with Gasteiger partial charge < -0.3 is 4.74 Å². The fraction of sp³-hybridized carbons (Fsp3) is 0.941. The van der Waals surface area contributed by atoms with E-state index in [2.05, 4.69) is 6.92 Å². The predicted octanol–water partition coefficient (Wildman–Crippen LogP) is 5.69. The second kappa shape index (κ2) is 12.1. The number of rotatable bonds is 13. The summed E-state index contributed by atoms with van der Waals surface area (Å²) in [6.07, 6.45) is 3.92. The van der Waals surface area contributed by atoms with Gasteiger partial charge in [-0.25, -0.2) is 8.78 Å². The minimum Gasteiger partial charge on any atom is -0.465 e. The molecule has 0 N–H and O–H groups in total. The van der Waals surface area contributed by atoms with Gasteiger partial charge in [-0.1, -0.05) is 40.5 Å². The van der Waals surface area contributed by atoms with Crippen molar-refractivity contribution in [1.29, 1.82) is 0 Å². The molecule has 0 aromatic heterocycles. The Balaban J connectivity index is 4.06. The first-order valence-electron chi connectivity index (χ1n) is 8.48. The zero-order chi connectivity index (χ0) is 17.0. The van der Waals surface area contributed by atoms with E-state index in [9.17, 15) is 13.6 Å². The van der Waals surface area contributed by atoms with Crippen LogP contribution in [0.1, 0.15) is 72.6 Å². The van der Waals surface area contributed by atoms with Crippen LogP contribution in [0.25, 0.3) is 0 Å². The first-order chi connectivity index (χ1) is 10.3. The van der Waals surface area contributed by atoms with Crippen molar-refractivity contribution in [3.63, 3.8) is 0 Å². The van der Waals surface area contributed by atoms with E-state index >= 15 is 0 Å². The lowest BCUT2D eigenvalue weighted by molar-refractivity contribution is -0.144. The van der Waals surface area contributed by atoms with Gasteiger partial charge in [0.05, 0.1) is 6.61 Å². The summed E-state index contributed by atoms with van der Waals surface area (Å²) in [7, 11) is 0. The van der Waals surface area contributed by atoms with E-state index in [0.29, 0.717) is 18.9 Å². The number of alkyl halides is 2. The van der Waals surface area contributed by atoms with Crippen molar-refractivity contribution in [2.45, 2.75) is 83.8 Å². The third kappa shape index (κ3) is 11.3. The molecule has 0 aromatic carbocycles. The topological polar surface area (TPSA) is 26.3 Å². The Bertz CT molecular complexity index is 296. The Morgan fingerprint density at radius 3 is 2.41 bits per heavy atom. The third-order valence-corrected chi connectivity index (χ3v) is 4.77.